The van der Waals surface area contributed by atoms with Gasteiger partial charge in [-0.2, -0.15) is 0 Å². The summed E-state index contributed by atoms with van der Waals surface area (Å²) in [6.07, 6.45) is 0. The van der Waals surface area contributed by atoms with Gasteiger partial charge in [-0.3, -0.25) is 9.52 Å². The van der Waals surface area contributed by atoms with Crippen LogP contribution in [0.15, 0.2) is 71.6 Å². The molecule has 0 saturated carbocycles. The van der Waals surface area contributed by atoms with E-state index in [2.05, 4.69) is 10.0 Å². The van der Waals surface area contributed by atoms with Crippen molar-refractivity contribution in [3.63, 3.8) is 0 Å². The molecule has 0 heterocycles. The van der Waals surface area contributed by atoms with Gasteiger partial charge in [0.15, 0.2) is 0 Å². The molecule has 0 aromatic heterocycles. The van der Waals surface area contributed by atoms with Crippen LogP contribution >= 0.6 is 23.2 Å². The Kier molecular flexibility index (Phi) is 5.93. The monoisotopic (exact) mass is 434 g/mol. The summed E-state index contributed by atoms with van der Waals surface area (Å²) in [6, 6.07) is 17.8. The highest BCUT2D eigenvalue weighted by Gasteiger charge is 2.20. The number of benzene rings is 3. The van der Waals surface area contributed by atoms with Gasteiger partial charge in [0.2, 0.25) is 0 Å². The van der Waals surface area contributed by atoms with Crippen LogP contribution in [0, 0.1) is 6.92 Å². The average Bonchev–Trinajstić information content (AvgIpc) is 2.65. The fourth-order valence-corrected chi connectivity index (χ4v) is 4.37. The smallest absolute Gasteiger partial charge is 0.262 e. The Hall–Kier alpha value is -2.54. The first-order valence-electron chi connectivity index (χ1n) is 8.22. The molecule has 3 aromatic rings. The van der Waals surface area contributed by atoms with Crippen molar-refractivity contribution in [3.05, 3.63) is 87.9 Å². The average molecular weight is 435 g/mol. The molecule has 144 valence electrons. The molecule has 5 nitrogen and oxygen atoms in total. The van der Waals surface area contributed by atoms with Crippen LogP contribution in [0.4, 0.5) is 11.4 Å². The van der Waals surface area contributed by atoms with Crippen molar-refractivity contribution in [1.82, 2.24) is 0 Å². The number of carbonyl (C=O) groups is 1. The first kappa shape index (κ1) is 20.2. The summed E-state index contributed by atoms with van der Waals surface area (Å²) >= 11 is 12.2. The Labute approximate surface area is 173 Å². The number of hydrogen-bond acceptors (Lipinski definition) is 3. The number of hydrogen-bond donors (Lipinski definition) is 2. The Morgan fingerprint density at radius 1 is 0.893 bits per heavy atom. The summed E-state index contributed by atoms with van der Waals surface area (Å²) in [7, 11) is -3.87. The zero-order valence-electron chi connectivity index (χ0n) is 14.7. The molecule has 0 bridgehead atoms. The van der Waals surface area contributed by atoms with Gasteiger partial charge in [0.25, 0.3) is 15.9 Å². The summed E-state index contributed by atoms with van der Waals surface area (Å²) in [5.74, 6) is -0.522. The topological polar surface area (TPSA) is 75.3 Å². The number of sulfonamides is 1. The van der Waals surface area contributed by atoms with Crippen molar-refractivity contribution in [1.29, 1.82) is 0 Å². The Morgan fingerprint density at radius 2 is 1.54 bits per heavy atom. The lowest BCUT2D eigenvalue weighted by atomic mass is 10.1. The highest BCUT2D eigenvalue weighted by Crippen LogP contribution is 2.30. The van der Waals surface area contributed by atoms with Gasteiger partial charge in [-0.05, 0) is 48.9 Å². The van der Waals surface area contributed by atoms with E-state index in [1.165, 1.54) is 12.1 Å². The molecular weight excluding hydrogens is 419 g/mol. The largest absolute Gasteiger partial charge is 0.319 e. The summed E-state index contributed by atoms with van der Waals surface area (Å²) in [5, 5.41) is 3.19. The lowest BCUT2D eigenvalue weighted by Crippen LogP contribution is -2.17. The molecule has 8 heteroatoms. The fraction of sp³-hybridized carbons (Fsp3) is 0.0500. The first-order chi connectivity index (χ1) is 13.3. The molecule has 0 spiro atoms. The predicted octanol–water partition coefficient (Wildman–Crippen LogP) is 5.35. The minimum absolute atomic E-state index is 0.00857. The molecule has 3 aromatic carbocycles. The van der Waals surface area contributed by atoms with Gasteiger partial charge >= 0.3 is 0 Å². The number of para-hydroxylation sites is 2. The van der Waals surface area contributed by atoms with Crippen molar-refractivity contribution >= 4 is 50.5 Å². The normalized spacial score (nSPS) is 11.1. The van der Waals surface area contributed by atoms with E-state index < -0.39 is 15.9 Å². The number of rotatable bonds is 5. The lowest BCUT2D eigenvalue weighted by Gasteiger charge is -2.13. The number of carbonyl (C=O) groups excluding carboxylic acids is 1. The van der Waals surface area contributed by atoms with E-state index in [-0.39, 0.29) is 26.2 Å². The van der Waals surface area contributed by atoms with Gasteiger partial charge in [-0.15, -0.1) is 0 Å². The van der Waals surface area contributed by atoms with Crippen molar-refractivity contribution in [2.45, 2.75) is 11.8 Å². The maximum atomic E-state index is 12.8. The zero-order chi connectivity index (χ0) is 20.3. The van der Waals surface area contributed by atoms with E-state index in [9.17, 15) is 13.2 Å². The summed E-state index contributed by atoms with van der Waals surface area (Å²) in [4.78, 5) is 12.6. The molecule has 0 unspecified atom stereocenters. The van der Waals surface area contributed by atoms with Crippen molar-refractivity contribution in [2.75, 3.05) is 10.0 Å². The number of nitrogens with one attached hydrogen (secondary N) is 2. The third kappa shape index (κ3) is 4.47. The van der Waals surface area contributed by atoms with Crippen LogP contribution in [-0.4, -0.2) is 14.3 Å². The van der Waals surface area contributed by atoms with Gasteiger partial charge < -0.3 is 5.32 Å². The van der Waals surface area contributed by atoms with Crippen LogP contribution in [-0.2, 0) is 10.0 Å². The quantitative estimate of drug-likeness (QED) is 0.567. The highest BCUT2D eigenvalue weighted by atomic mass is 35.5. The molecule has 0 aliphatic rings. The van der Waals surface area contributed by atoms with Crippen molar-refractivity contribution in [3.8, 4) is 0 Å². The van der Waals surface area contributed by atoms with Gasteiger partial charge in [0.1, 0.15) is 0 Å². The highest BCUT2D eigenvalue weighted by molar-refractivity contribution is 7.92. The Morgan fingerprint density at radius 3 is 2.18 bits per heavy atom. The molecule has 0 aliphatic heterocycles. The first-order valence-corrected chi connectivity index (χ1v) is 10.5. The zero-order valence-corrected chi connectivity index (χ0v) is 17.1. The van der Waals surface area contributed by atoms with Gasteiger partial charge in [-0.25, -0.2) is 8.42 Å². The molecule has 0 atom stereocenters. The summed E-state index contributed by atoms with van der Waals surface area (Å²) < 4.78 is 28.1. The van der Waals surface area contributed by atoms with E-state index in [0.717, 1.165) is 0 Å². The minimum atomic E-state index is -3.87. The molecule has 0 radical (unpaired) electrons. The third-order valence-corrected chi connectivity index (χ3v) is 6.12. The van der Waals surface area contributed by atoms with Gasteiger partial charge in [0.05, 0.1) is 20.6 Å². The van der Waals surface area contributed by atoms with E-state index in [0.29, 0.717) is 11.3 Å². The lowest BCUT2D eigenvalue weighted by molar-refractivity contribution is 0.102. The molecule has 0 fully saturated rings. The SMILES string of the molecule is Cc1ccc(C(=O)Nc2c(Cl)cccc2Cl)cc1S(=O)(=O)Nc1ccccc1. The molecule has 3 rings (SSSR count). The molecule has 2 N–H and O–H groups in total. The second-order valence-corrected chi connectivity index (χ2v) is 8.47. The second-order valence-electron chi connectivity index (χ2n) is 6.00. The van der Waals surface area contributed by atoms with E-state index >= 15 is 0 Å². The standard InChI is InChI=1S/C20H16Cl2N2O3S/c1-13-10-11-14(20(25)23-19-16(21)8-5-9-17(19)22)12-18(13)28(26,27)24-15-6-3-2-4-7-15/h2-12,24H,1H3,(H,23,25). The van der Waals surface area contributed by atoms with Gasteiger partial charge in [-0.1, -0.05) is 53.5 Å². The van der Waals surface area contributed by atoms with E-state index in [1.807, 2.05) is 0 Å². The van der Waals surface area contributed by atoms with Crippen LogP contribution in [0.3, 0.4) is 0 Å². The maximum absolute atomic E-state index is 12.8. The van der Waals surface area contributed by atoms with Crippen LogP contribution in [0.5, 0.6) is 0 Å². The molecule has 28 heavy (non-hydrogen) atoms. The second kappa shape index (κ2) is 8.22. The van der Waals surface area contributed by atoms with Crippen LogP contribution in [0.2, 0.25) is 10.0 Å². The fourth-order valence-electron chi connectivity index (χ4n) is 2.55. The summed E-state index contributed by atoms with van der Waals surface area (Å²) in [6.45, 7) is 1.66. The van der Waals surface area contributed by atoms with E-state index in [1.54, 1.807) is 61.5 Å². The minimum Gasteiger partial charge on any atom is -0.319 e. The molecule has 0 saturated heterocycles. The Balaban J connectivity index is 1.92. The van der Waals surface area contributed by atoms with E-state index in [4.69, 9.17) is 23.2 Å². The molecule has 1 amide bonds. The van der Waals surface area contributed by atoms with Gasteiger partial charge in [0, 0.05) is 11.3 Å². The number of halogens is 2. The van der Waals surface area contributed by atoms with Crippen LogP contribution < -0.4 is 10.0 Å². The number of amides is 1. The number of aryl methyl sites for hydroxylation is 1. The van der Waals surface area contributed by atoms with Crippen LogP contribution in [0.25, 0.3) is 0 Å². The number of anilines is 2. The predicted molar refractivity (Wildman–Crippen MR) is 113 cm³/mol. The van der Waals surface area contributed by atoms with Crippen molar-refractivity contribution in [2.24, 2.45) is 0 Å². The maximum Gasteiger partial charge on any atom is 0.262 e. The molecule has 0 aliphatic carbocycles. The van der Waals surface area contributed by atoms with Crippen LogP contribution in [0.1, 0.15) is 15.9 Å². The molecular formula is C20H16Cl2N2O3S. The third-order valence-electron chi connectivity index (χ3n) is 3.97. The Bertz CT molecular complexity index is 1110. The van der Waals surface area contributed by atoms with Crippen molar-refractivity contribution < 1.29 is 13.2 Å². The summed E-state index contributed by atoms with van der Waals surface area (Å²) in [5.41, 5.74) is 1.37.